The number of hydrogen-bond acceptors (Lipinski definition) is 5. The molecule has 0 spiro atoms. The van der Waals surface area contributed by atoms with Gasteiger partial charge >= 0.3 is 12.1 Å². The standard InChI is InChI=1S/C31H35F3O4S/c1-6-7-8-9-20-10-13-23(24(16-20)36-5)26-17-21-11-12-22(18-25(21)39-26)37-27-14-15-28(38-29(35)19(2)3)30(27,4)31(32,33)34/h10-13,16-18,27-28H,2,6-9,14-15H2,1,3-5H3. The van der Waals surface area contributed by atoms with E-state index in [4.69, 9.17) is 14.2 Å². The number of methoxy groups -OCH3 is 1. The van der Waals surface area contributed by atoms with Crippen LogP contribution in [0.25, 0.3) is 20.5 Å². The zero-order valence-electron chi connectivity index (χ0n) is 22.8. The van der Waals surface area contributed by atoms with E-state index >= 15 is 0 Å². The fourth-order valence-electron chi connectivity index (χ4n) is 5.12. The van der Waals surface area contributed by atoms with Gasteiger partial charge in [0.05, 0.1) is 7.11 Å². The number of ether oxygens (including phenoxy) is 3. The van der Waals surface area contributed by atoms with Crippen LogP contribution in [-0.2, 0) is 16.0 Å². The molecule has 0 radical (unpaired) electrons. The molecule has 1 aliphatic rings. The third kappa shape index (κ3) is 5.96. The molecule has 0 amide bonds. The Hall–Kier alpha value is -3.00. The zero-order chi connectivity index (χ0) is 28.4. The van der Waals surface area contributed by atoms with Gasteiger partial charge in [-0.15, -0.1) is 11.3 Å². The summed E-state index contributed by atoms with van der Waals surface area (Å²) in [5, 5.41) is 0.967. The van der Waals surface area contributed by atoms with E-state index in [1.807, 2.05) is 6.07 Å². The first kappa shape index (κ1) is 29.0. The Bertz CT molecular complexity index is 1350. The summed E-state index contributed by atoms with van der Waals surface area (Å²) in [6.45, 7) is 8.15. The van der Waals surface area contributed by atoms with Crippen LogP contribution in [0.1, 0.15) is 58.4 Å². The van der Waals surface area contributed by atoms with Gasteiger partial charge in [0.15, 0.2) is 0 Å². The van der Waals surface area contributed by atoms with Crippen molar-refractivity contribution in [2.24, 2.45) is 5.41 Å². The van der Waals surface area contributed by atoms with Crippen molar-refractivity contribution in [1.82, 2.24) is 0 Å². The predicted molar refractivity (Wildman–Crippen MR) is 150 cm³/mol. The lowest BCUT2D eigenvalue weighted by atomic mass is 9.83. The molecule has 8 heteroatoms. The van der Waals surface area contributed by atoms with Crippen LogP contribution < -0.4 is 9.47 Å². The van der Waals surface area contributed by atoms with Gasteiger partial charge in [-0.2, -0.15) is 13.2 Å². The molecule has 0 aliphatic heterocycles. The molecule has 39 heavy (non-hydrogen) atoms. The molecule has 4 nitrogen and oxygen atoms in total. The molecule has 1 saturated carbocycles. The molecule has 0 saturated heterocycles. The van der Waals surface area contributed by atoms with Crippen molar-refractivity contribution in [2.75, 3.05) is 7.11 Å². The van der Waals surface area contributed by atoms with Crippen molar-refractivity contribution >= 4 is 27.4 Å². The average molecular weight is 561 g/mol. The molecule has 0 N–H and O–H groups in total. The average Bonchev–Trinajstić information content (AvgIpc) is 3.45. The summed E-state index contributed by atoms with van der Waals surface area (Å²) in [5.41, 5.74) is -0.0779. The minimum atomic E-state index is -4.63. The molecule has 3 aromatic rings. The van der Waals surface area contributed by atoms with Crippen molar-refractivity contribution in [1.29, 1.82) is 0 Å². The Morgan fingerprint density at radius 1 is 1.10 bits per heavy atom. The van der Waals surface area contributed by atoms with E-state index in [9.17, 15) is 18.0 Å². The highest BCUT2D eigenvalue weighted by atomic mass is 32.1. The summed E-state index contributed by atoms with van der Waals surface area (Å²) < 4.78 is 60.8. The quantitative estimate of drug-likeness (QED) is 0.141. The fraction of sp³-hybridized carbons (Fsp3) is 0.452. The molecular weight excluding hydrogens is 525 g/mol. The van der Waals surface area contributed by atoms with Gasteiger partial charge < -0.3 is 14.2 Å². The third-order valence-electron chi connectivity index (χ3n) is 7.61. The van der Waals surface area contributed by atoms with Crippen molar-refractivity contribution in [2.45, 2.75) is 77.7 Å². The maximum Gasteiger partial charge on any atom is 0.401 e. The Balaban J connectivity index is 1.58. The van der Waals surface area contributed by atoms with Crippen molar-refractivity contribution in [3.8, 4) is 21.9 Å². The summed E-state index contributed by atoms with van der Waals surface area (Å²) in [4.78, 5) is 13.0. The summed E-state index contributed by atoms with van der Waals surface area (Å²) >= 11 is 1.54. The smallest absolute Gasteiger partial charge is 0.401 e. The van der Waals surface area contributed by atoms with Gasteiger partial charge in [-0.3, -0.25) is 0 Å². The summed E-state index contributed by atoms with van der Waals surface area (Å²) in [5.74, 6) is 0.323. The lowest BCUT2D eigenvalue weighted by Gasteiger charge is -2.37. The Kier molecular flexibility index (Phi) is 8.64. The summed E-state index contributed by atoms with van der Waals surface area (Å²) in [6, 6.07) is 13.7. The van der Waals surface area contributed by atoms with E-state index in [1.54, 1.807) is 19.2 Å². The SMILES string of the molecule is C=C(C)C(=O)OC1CCC(Oc2ccc3cc(-c4ccc(CCCCC)cc4OC)sc3c2)C1(C)C(F)(F)F. The number of rotatable bonds is 10. The molecule has 3 unspecified atom stereocenters. The molecule has 0 bridgehead atoms. The zero-order valence-corrected chi connectivity index (χ0v) is 23.6. The molecule has 1 aliphatic carbocycles. The maximum atomic E-state index is 14.3. The van der Waals surface area contributed by atoms with Crippen LogP contribution in [0.4, 0.5) is 13.2 Å². The van der Waals surface area contributed by atoms with Gasteiger partial charge in [0.1, 0.15) is 29.1 Å². The number of hydrogen-bond donors (Lipinski definition) is 0. The van der Waals surface area contributed by atoms with E-state index in [1.165, 1.54) is 36.7 Å². The van der Waals surface area contributed by atoms with Crippen LogP contribution >= 0.6 is 11.3 Å². The van der Waals surface area contributed by atoms with E-state index in [0.29, 0.717) is 5.75 Å². The van der Waals surface area contributed by atoms with Crippen LogP contribution in [0.3, 0.4) is 0 Å². The van der Waals surface area contributed by atoms with Crippen LogP contribution in [0.5, 0.6) is 11.5 Å². The highest BCUT2D eigenvalue weighted by Crippen LogP contribution is 2.53. The van der Waals surface area contributed by atoms with E-state index in [2.05, 4.69) is 37.8 Å². The normalized spacial score (nSPS) is 21.2. The highest BCUT2D eigenvalue weighted by Gasteiger charge is 2.66. The Morgan fingerprint density at radius 3 is 2.51 bits per heavy atom. The van der Waals surface area contributed by atoms with Gasteiger partial charge in [0.25, 0.3) is 0 Å². The first-order chi connectivity index (χ1) is 18.5. The van der Waals surface area contributed by atoms with Crippen molar-refractivity contribution < 1.29 is 32.2 Å². The number of halogens is 3. The van der Waals surface area contributed by atoms with E-state index < -0.39 is 29.8 Å². The lowest BCUT2D eigenvalue weighted by molar-refractivity contribution is -0.262. The maximum absolute atomic E-state index is 14.3. The summed E-state index contributed by atoms with van der Waals surface area (Å²) in [6.07, 6.45) is -2.51. The van der Waals surface area contributed by atoms with Crippen LogP contribution in [0.2, 0.25) is 0 Å². The molecule has 1 aromatic heterocycles. The highest BCUT2D eigenvalue weighted by molar-refractivity contribution is 7.22. The van der Waals surface area contributed by atoms with Crippen LogP contribution in [0.15, 0.2) is 54.6 Å². The number of thiophene rings is 1. The second-order valence-corrected chi connectivity index (χ2v) is 11.5. The predicted octanol–water partition coefficient (Wildman–Crippen LogP) is 8.91. The van der Waals surface area contributed by atoms with Crippen molar-refractivity contribution in [3.63, 3.8) is 0 Å². The second kappa shape index (κ2) is 11.6. The monoisotopic (exact) mass is 560 g/mol. The minimum Gasteiger partial charge on any atom is -0.496 e. The topological polar surface area (TPSA) is 44.8 Å². The van der Waals surface area contributed by atoms with E-state index in [0.717, 1.165) is 46.0 Å². The Morgan fingerprint density at radius 2 is 1.85 bits per heavy atom. The van der Waals surface area contributed by atoms with E-state index in [-0.39, 0.29) is 18.4 Å². The Labute approximate surface area is 231 Å². The number of carbonyl (C=O) groups excluding carboxylic acids is 1. The van der Waals surface area contributed by atoms with Crippen LogP contribution in [0, 0.1) is 5.41 Å². The number of esters is 1. The number of benzene rings is 2. The molecule has 1 heterocycles. The molecule has 4 rings (SSSR count). The third-order valence-corrected chi connectivity index (χ3v) is 8.74. The number of fused-ring (bicyclic) bond motifs is 1. The number of alkyl halides is 3. The molecule has 2 aromatic carbocycles. The molecule has 3 atom stereocenters. The minimum absolute atomic E-state index is 0.0549. The van der Waals surface area contributed by atoms with Gasteiger partial charge in [-0.05, 0) is 86.9 Å². The van der Waals surface area contributed by atoms with Crippen LogP contribution in [-0.4, -0.2) is 31.5 Å². The van der Waals surface area contributed by atoms with Gasteiger partial charge in [0, 0.05) is 20.7 Å². The van der Waals surface area contributed by atoms with Gasteiger partial charge in [0.2, 0.25) is 0 Å². The molecular formula is C31H35F3O4S. The van der Waals surface area contributed by atoms with Gasteiger partial charge in [-0.25, -0.2) is 4.79 Å². The van der Waals surface area contributed by atoms with Crippen molar-refractivity contribution in [3.05, 3.63) is 60.2 Å². The van der Waals surface area contributed by atoms with Gasteiger partial charge in [-0.1, -0.05) is 32.4 Å². The number of unbranched alkanes of at least 4 members (excludes halogenated alkanes) is 2. The second-order valence-electron chi connectivity index (χ2n) is 10.4. The lowest BCUT2D eigenvalue weighted by Crippen LogP contribution is -2.51. The first-order valence-electron chi connectivity index (χ1n) is 13.3. The molecule has 1 fully saturated rings. The number of carbonyl (C=O) groups is 1. The largest absolute Gasteiger partial charge is 0.496 e. The molecule has 210 valence electrons. The number of aryl methyl sites for hydroxylation is 1. The summed E-state index contributed by atoms with van der Waals surface area (Å²) in [7, 11) is 1.66. The first-order valence-corrected chi connectivity index (χ1v) is 14.1. The fourth-order valence-corrected chi connectivity index (χ4v) is 6.24.